The Morgan fingerprint density at radius 1 is 0.923 bits per heavy atom. The molecule has 1 aliphatic rings. The normalized spacial score (nSPS) is 19.7. The van der Waals surface area contributed by atoms with Crippen molar-refractivity contribution in [3.05, 3.63) is 12.7 Å². The number of nitrogens with zero attached hydrogens (tertiary/aromatic N) is 2. The zero-order valence-corrected chi connectivity index (χ0v) is 17.6. The zero-order chi connectivity index (χ0) is 18.9. The van der Waals surface area contributed by atoms with Gasteiger partial charge in [-0.1, -0.05) is 70.3 Å². The molecule has 0 amide bonds. The Bertz CT molecular complexity index is 380. The number of aliphatic hydroxyl groups is 1. The second kappa shape index (κ2) is 15.4. The molecule has 0 fully saturated rings. The fraction of sp³-hybridized carbons (Fsp3) is 0.870. The first-order valence-electron chi connectivity index (χ1n) is 11.4. The molecule has 3 heteroatoms. The van der Waals surface area contributed by atoms with Crippen LogP contribution in [0, 0.1) is 0 Å². The van der Waals surface area contributed by atoms with Crippen LogP contribution in [-0.4, -0.2) is 48.2 Å². The van der Waals surface area contributed by atoms with E-state index < -0.39 is 0 Å². The van der Waals surface area contributed by atoms with Gasteiger partial charge in [-0.3, -0.25) is 4.48 Å². The maximum Gasteiger partial charge on any atom is 0.198 e. The van der Waals surface area contributed by atoms with Crippen LogP contribution in [0.2, 0.25) is 0 Å². The number of likely N-dealkylation sites (N-methyl/N-ethyl adjacent to an activating group) is 1. The van der Waals surface area contributed by atoms with E-state index in [1.807, 2.05) is 6.08 Å². The van der Waals surface area contributed by atoms with Gasteiger partial charge in [0.25, 0.3) is 0 Å². The fourth-order valence-corrected chi connectivity index (χ4v) is 4.24. The van der Waals surface area contributed by atoms with Gasteiger partial charge in [0, 0.05) is 6.42 Å². The van der Waals surface area contributed by atoms with Crippen molar-refractivity contribution in [2.45, 2.75) is 96.8 Å². The summed E-state index contributed by atoms with van der Waals surface area (Å²) in [5.74, 6) is 1.36. The summed E-state index contributed by atoms with van der Waals surface area (Å²) in [5, 5.41) is 9.36. The molecule has 0 spiro atoms. The molecule has 1 unspecified atom stereocenters. The number of amidine groups is 1. The lowest BCUT2D eigenvalue weighted by molar-refractivity contribution is -0.835. The molecule has 152 valence electrons. The Hall–Kier alpha value is -0.670. The molecule has 0 aromatic heterocycles. The number of hydrogen-bond acceptors (Lipinski definition) is 2. The fourth-order valence-electron chi connectivity index (χ4n) is 4.24. The first-order chi connectivity index (χ1) is 12.8. The van der Waals surface area contributed by atoms with Gasteiger partial charge < -0.3 is 5.11 Å². The van der Waals surface area contributed by atoms with Crippen molar-refractivity contribution in [3.63, 3.8) is 0 Å². The SMILES string of the molecule is C=CCCCCCCCCCCCCCCC1=NCC[N+]1(CC)CCO. The third kappa shape index (κ3) is 9.32. The molecule has 0 bridgehead atoms. The molecular weight excluding hydrogens is 320 g/mol. The first-order valence-corrected chi connectivity index (χ1v) is 11.4. The molecule has 0 aromatic rings. The Balaban J connectivity index is 1.91. The van der Waals surface area contributed by atoms with Crippen LogP contribution in [0.1, 0.15) is 96.8 Å². The van der Waals surface area contributed by atoms with E-state index in [9.17, 15) is 5.11 Å². The number of allylic oxidation sites excluding steroid dienone is 1. The monoisotopic (exact) mass is 365 g/mol. The van der Waals surface area contributed by atoms with E-state index in [0.717, 1.165) is 37.1 Å². The van der Waals surface area contributed by atoms with Gasteiger partial charge in [0.15, 0.2) is 5.84 Å². The average Bonchev–Trinajstić information content (AvgIpc) is 3.05. The highest BCUT2D eigenvalue weighted by molar-refractivity contribution is 5.76. The van der Waals surface area contributed by atoms with Gasteiger partial charge in [0.1, 0.15) is 13.1 Å². The van der Waals surface area contributed by atoms with Crippen LogP contribution in [0.15, 0.2) is 17.6 Å². The maximum atomic E-state index is 9.36. The molecule has 1 rings (SSSR count). The molecular formula is C23H45N2O+. The molecule has 0 radical (unpaired) electrons. The van der Waals surface area contributed by atoms with Crippen molar-refractivity contribution in [1.29, 1.82) is 0 Å². The Labute approximate surface area is 163 Å². The predicted molar refractivity (Wildman–Crippen MR) is 115 cm³/mol. The van der Waals surface area contributed by atoms with Crippen molar-refractivity contribution >= 4 is 5.84 Å². The summed E-state index contributed by atoms with van der Waals surface area (Å²) >= 11 is 0. The number of quaternary nitrogens is 1. The largest absolute Gasteiger partial charge is 0.390 e. The van der Waals surface area contributed by atoms with Gasteiger partial charge in [0.2, 0.25) is 0 Å². The van der Waals surface area contributed by atoms with Crippen LogP contribution < -0.4 is 0 Å². The number of hydrogen-bond donors (Lipinski definition) is 1. The maximum absolute atomic E-state index is 9.36. The lowest BCUT2D eigenvalue weighted by atomic mass is 10.0. The van der Waals surface area contributed by atoms with Crippen molar-refractivity contribution in [2.24, 2.45) is 4.99 Å². The Kier molecular flexibility index (Phi) is 13.8. The summed E-state index contributed by atoms with van der Waals surface area (Å²) in [6.45, 7) is 10.3. The smallest absolute Gasteiger partial charge is 0.198 e. The van der Waals surface area contributed by atoms with Gasteiger partial charge in [-0.15, -0.1) is 6.58 Å². The highest BCUT2D eigenvalue weighted by Crippen LogP contribution is 2.20. The number of aliphatic hydroxyl groups excluding tert-OH is 1. The van der Waals surface area contributed by atoms with Crippen molar-refractivity contribution in [1.82, 2.24) is 0 Å². The number of rotatable bonds is 18. The van der Waals surface area contributed by atoms with Crippen molar-refractivity contribution in [2.75, 3.05) is 32.8 Å². The molecule has 1 heterocycles. The summed E-state index contributed by atoms with van der Waals surface area (Å²) in [7, 11) is 0. The summed E-state index contributed by atoms with van der Waals surface area (Å²) in [5.41, 5.74) is 0. The van der Waals surface area contributed by atoms with E-state index in [1.54, 1.807) is 0 Å². The summed E-state index contributed by atoms with van der Waals surface area (Å²) in [6.07, 6.45) is 21.0. The first kappa shape index (κ1) is 23.4. The molecule has 0 aromatic carbocycles. The second-order valence-electron chi connectivity index (χ2n) is 8.00. The molecule has 0 aliphatic carbocycles. The van der Waals surface area contributed by atoms with E-state index in [1.165, 1.54) is 89.3 Å². The summed E-state index contributed by atoms with van der Waals surface area (Å²) < 4.78 is 0.949. The lowest BCUT2D eigenvalue weighted by Crippen LogP contribution is -2.52. The number of aliphatic imine (C=N–C) groups is 1. The Morgan fingerprint density at radius 2 is 1.46 bits per heavy atom. The van der Waals surface area contributed by atoms with Crippen LogP contribution in [0.4, 0.5) is 0 Å². The average molecular weight is 366 g/mol. The van der Waals surface area contributed by atoms with Gasteiger partial charge in [-0.2, -0.15) is 0 Å². The highest BCUT2D eigenvalue weighted by atomic mass is 16.3. The number of unbranched alkanes of at least 4 members (excludes halogenated alkanes) is 12. The van der Waals surface area contributed by atoms with E-state index in [-0.39, 0.29) is 6.61 Å². The zero-order valence-electron chi connectivity index (χ0n) is 17.6. The van der Waals surface area contributed by atoms with E-state index in [0.29, 0.717) is 0 Å². The molecule has 26 heavy (non-hydrogen) atoms. The Morgan fingerprint density at radius 3 is 1.96 bits per heavy atom. The van der Waals surface area contributed by atoms with Gasteiger partial charge in [0.05, 0.1) is 19.7 Å². The van der Waals surface area contributed by atoms with Crippen molar-refractivity contribution in [3.8, 4) is 0 Å². The van der Waals surface area contributed by atoms with Crippen LogP contribution in [-0.2, 0) is 0 Å². The minimum absolute atomic E-state index is 0.279. The van der Waals surface area contributed by atoms with Crippen LogP contribution in [0.5, 0.6) is 0 Å². The standard InChI is InChI=1S/C23H45N2O/c1-3-5-6-7-8-9-10-11-12-13-14-15-16-17-18-23-24-19-20-25(23,4-2)21-22-26/h3,26H,1,4-22H2,2H3/q+1. The quantitative estimate of drug-likeness (QED) is 0.184. The molecule has 1 atom stereocenters. The predicted octanol–water partition coefficient (Wildman–Crippen LogP) is 5.87. The summed E-state index contributed by atoms with van der Waals surface area (Å²) in [6, 6.07) is 0. The minimum atomic E-state index is 0.279. The van der Waals surface area contributed by atoms with Crippen LogP contribution in [0.25, 0.3) is 0 Å². The van der Waals surface area contributed by atoms with E-state index in [2.05, 4.69) is 13.5 Å². The van der Waals surface area contributed by atoms with Crippen LogP contribution in [0.3, 0.4) is 0 Å². The van der Waals surface area contributed by atoms with Gasteiger partial charge in [-0.05, 0) is 26.2 Å². The van der Waals surface area contributed by atoms with E-state index >= 15 is 0 Å². The molecule has 3 nitrogen and oxygen atoms in total. The minimum Gasteiger partial charge on any atom is -0.390 e. The second-order valence-corrected chi connectivity index (χ2v) is 8.00. The van der Waals surface area contributed by atoms with E-state index in [4.69, 9.17) is 4.99 Å². The van der Waals surface area contributed by atoms with Crippen LogP contribution >= 0.6 is 0 Å². The third-order valence-corrected chi connectivity index (χ3v) is 6.06. The van der Waals surface area contributed by atoms with Crippen molar-refractivity contribution < 1.29 is 9.59 Å². The third-order valence-electron chi connectivity index (χ3n) is 6.06. The summed E-state index contributed by atoms with van der Waals surface area (Å²) in [4.78, 5) is 4.75. The lowest BCUT2D eigenvalue weighted by Gasteiger charge is -2.33. The molecule has 0 saturated heterocycles. The highest BCUT2D eigenvalue weighted by Gasteiger charge is 2.35. The topological polar surface area (TPSA) is 32.6 Å². The van der Waals surface area contributed by atoms with Gasteiger partial charge in [-0.25, -0.2) is 4.99 Å². The van der Waals surface area contributed by atoms with Gasteiger partial charge >= 0.3 is 0 Å². The molecule has 1 aliphatic heterocycles. The molecule has 0 saturated carbocycles. The molecule has 1 N–H and O–H groups in total.